The number of nitrogens with two attached hydrogens (primary N) is 1. The van der Waals surface area contributed by atoms with Crippen molar-refractivity contribution in [2.75, 3.05) is 21.3 Å². The zero-order valence-electron chi connectivity index (χ0n) is 10.6. The van der Waals surface area contributed by atoms with Crippen LogP contribution in [0, 0.1) is 0 Å². The number of nitrogens with zero attached hydrogens (tertiary/aromatic N) is 2. The number of aromatic nitrogens is 2. The summed E-state index contributed by atoms with van der Waals surface area (Å²) in [6, 6.07) is 5.50. The van der Waals surface area contributed by atoms with E-state index >= 15 is 0 Å². The lowest BCUT2D eigenvalue weighted by atomic mass is 10.2. The minimum absolute atomic E-state index is 0.549. The lowest BCUT2D eigenvalue weighted by Gasteiger charge is -2.07. The Morgan fingerprint density at radius 1 is 1.22 bits per heavy atom. The van der Waals surface area contributed by atoms with Crippen LogP contribution in [0.4, 0.5) is 0 Å². The number of ether oxygens (including phenoxy) is 2. The van der Waals surface area contributed by atoms with Crippen molar-refractivity contribution in [1.82, 2.24) is 10.1 Å². The van der Waals surface area contributed by atoms with Crippen LogP contribution in [0.3, 0.4) is 0 Å². The second-order valence-electron chi connectivity index (χ2n) is 3.69. The van der Waals surface area contributed by atoms with Crippen LogP contribution in [-0.4, -0.2) is 31.4 Å². The van der Waals surface area contributed by atoms with Crippen molar-refractivity contribution < 1.29 is 19.3 Å². The van der Waals surface area contributed by atoms with Crippen LogP contribution in [0.1, 0.15) is 5.89 Å². The highest BCUT2D eigenvalue weighted by molar-refractivity contribution is 5.60. The molecule has 0 radical (unpaired) electrons. The summed E-state index contributed by atoms with van der Waals surface area (Å²) in [7, 11) is 5.14. The van der Waals surface area contributed by atoms with Crippen LogP contribution in [0.25, 0.3) is 11.4 Å². The van der Waals surface area contributed by atoms with Crippen LogP contribution in [0.2, 0.25) is 0 Å². The topological polar surface area (TPSA) is 74.0 Å². The highest BCUT2D eigenvalue weighted by atomic mass is 16.5. The van der Waals surface area contributed by atoms with Crippen molar-refractivity contribution in [1.29, 1.82) is 0 Å². The summed E-state index contributed by atoms with van der Waals surface area (Å²) in [6.07, 6.45) is 0. The Labute approximate surface area is 105 Å². The van der Waals surface area contributed by atoms with E-state index in [0.717, 1.165) is 5.56 Å². The van der Waals surface area contributed by atoms with Gasteiger partial charge < -0.3 is 19.3 Å². The second kappa shape index (κ2) is 5.50. The molecule has 0 atom stereocenters. The van der Waals surface area contributed by atoms with Crippen LogP contribution >= 0.6 is 0 Å². The Morgan fingerprint density at radius 2 is 2.00 bits per heavy atom. The van der Waals surface area contributed by atoms with E-state index in [4.69, 9.17) is 14.0 Å². The molecular formula is C12H16N3O3+. The monoisotopic (exact) mass is 250 g/mol. The van der Waals surface area contributed by atoms with Gasteiger partial charge in [-0.15, -0.1) is 0 Å². The highest BCUT2D eigenvalue weighted by Gasteiger charge is 2.12. The molecule has 0 saturated carbocycles. The third kappa shape index (κ3) is 2.43. The summed E-state index contributed by atoms with van der Waals surface area (Å²) in [4.78, 5) is 4.30. The number of rotatable bonds is 5. The van der Waals surface area contributed by atoms with Gasteiger partial charge in [0.05, 0.1) is 21.3 Å². The summed E-state index contributed by atoms with van der Waals surface area (Å²) < 4.78 is 15.5. The molecule has 1 aromatic carbocycles. The SMILES string of the molecule is C[NH2+]Cc1nc(-c2ccc(OC)c(OC)c2)no1. The average molecular weight is 250 g/mol. The minimum Gasteiger partial charge on any atom is -0.493 e. The Kier molecular flexibility index (Phi) is 3.78. The molecule has 0 aliphatic carbocycles. The van der Waals surface area contributed by atoms with E-state index in [0.29, 0.717) is 29.8 Å². The maximum absolute atomic E-state index is 5.24. The van der Waals surface area contributed by atoms with Crippen molar-refractivity contribution in [2.45, 2.75) is 6.54 Å². The summed E-state index contributed by atoms with van der Waals surface area (Å²) in [5, 5.41) is 5.90. The van der Waals surface area contributed by atoms with Gasteiger partial charge in [0.15, 0.2) is 18.0 Å². The summed E-state index contributed by atoms with van der Waals surface area (Å²) >= 11 is 0. The summed E-state index contributed by atoms with van der Waals surface area (Å²) in [5.74, 6) is 2.46. The van der Waals surface area contributed by atoms with Gasteiger partial charge >= 0.3 is 0 Å². The molecule has 0 bridgehead atoms. The molecule has 0 amide bonds. The fourth-order valence-electron chi connectivity index (χ4n) is 1.60. The molecule has 6 heteroatoms. The van der Waals surface area contributed by atoms with E-state index in [2.05, 4.69) is 10.1 Å². The Hall–Kier alpha value is -2.08. The number of methoxy groups -OCH3 is 2. The smallest absolute Gasteiger partial charge is 0.282 e. The molecule has 0 aliphatic rings. The van der Waals surface area contributed by atoms with Crippen molar-refractivity contribution >= 4 is 0 Å². The molecule has 0 aliphatic heterocycles. The molecule has 2 rings (SSSR count). The molecule has 6 nitrogen and oxygen atoms in total. The van der Waals surface area contributed by atoms with Crippen LogP contribution in [0.15, 0.2) is 22.7 Å². The quantitative estimate of drug-likeness (QED) is 0.833. The van der Waals surface area contributed by atoms with E-state index in [9.17, 15) is 0 Å². The van der Waals surface area contributed by atoms with Gasteiger partial charge in [0.25, 0.3) is 5.89 Å². The number of hydrogen-bond donors (Lipinski definition) is 1. The number of quaternary nitrogens is 1. The molecule has 1 heterocycles. The standard InChI is InChI=1S/C12H15N3O3/c1-13-7-11-14-12(15-18-11)8-4-5-9(16-2)10(6-8)17-3/h4-6,13H,7H2,1-3H3/p+1. The second-order valence-corrected chi connectivity index (χ2v) is 3.69. The average Bonchev–Trinajstić information content (AvgIpc) is 2.87. The van der Waals surface area contributed by atoms with Crippen LogP contribution in [-0.2, 0) is 6.54 Å². The van der Waals surface area contributed by atoms with Crippen LogP contribution < -0.4 is 14.8 Å². The number of benzene rings is 1. The van der Waals surface area contributed by atoms with Crippen LogP contribution in [0.5, 0.6) is 11.5 Å². The first-order valence-corrected chi connectivity index (χ1v) is 5.61. The molecule has 18 heavy (non-hydrogen) atoms. The summed E-state index contributed by atoms with van der Waals surface area (Å²) in [6.45, 7) is 0.667. The van der Waals surface area contributed by atoms with E-state index < -0.39 is 0 Å². The predicted octanol–water partition coefficient (Wildman–Crippen LogP) is 0.447. The zero-order chi connectivity index (χ0) is 13.0. The lowest BCUT2D eigenvalue weighted by Crippen LogP contribution is -2.77. The minimum atomic E-state index is 0.549. The first kappa shape index (κ1) is 12.4. The van der Waals surface area contributed by atoms with Gasteiger partial charge in [0, 0.05) is 5.56 Å². The Bertz CT molecular complexity index is 525. The van der Waals surface area contributed by atoms with Gasteiger partial charge in [-0.1, -0.05) is 5.16 Å². The first-order chi connectivity index (χ1) is 8.78. The third-order valence-electron chi connectivity index (χ3n) is 2.49. The Balaban J connectivity index is 2.31. The Morgan fingerprint density at radius 3 is 2.67 bits per heavy atom. The first-order valence-electron chi connectivity index (χ1n) is 5.61. The van der Waals surface area contributed by atoms with Gasteiger partial charge in [-0.25, -0.2) is 0 Å². The van der Waals surface area contributed by atoms with Crippen molar-refractivity contribution in [3.63, 3.8) is 0 Å². The number of hydrogen-bond acceptors (Lipinski definition) is 5. The molecule has 0 saturated heterocycles. The van der Waals surface area contributed by atoms with E-state index in [-0.39, 0.29) is 0 Å². The van der Waals surface area contributed by atoms with Gasteiger partial charge in [-0.2, -0.15) is 4.98 Å². The molecule has 1 aromatic heterocycles. The maximum atomic E-state index is 5.24. The largest absolute Gasteiger partial charge is 0.493 e. The van der Waals surface area contributed by atoms with E-state index in [1.54, 1.807) is 14.2 Å². The van der Waals surface area contributed by atoms with E-state index in [1.165, 1.54) is 0 Å². The lowest BCUT2D eigenvalue weighted by molar-refractivity contribution is -0.645. The van der Waals surface area contributed by atoms with Crippen molar-refractivity contribution in [3.05, 3.63) is 24.1 Å². The zero-order valence-corrected chi connectivity index (χ0v) is 10.6. The highest BCUT2D eigenvalue weighted by Crippen LogP contribution is 2.31. The predicted molar refractivity (Wildman–Crippen MR) is 64.4 cm³/mol. The van der Waals surface area contributed by atoms with Gasteiger partial charge in [0.2, 0.25) is 5.82 Å². The van der Waals surface area contributed by atoms with Gasteiger partial charge in [-0.05, 0) is 18.2 Å². The summed E-state index contributed by atoms with van der Waals surface area (Å²) in [5.41, 5.74) is 0.832. The molecule has 0 unspecified atom stereocenters. The fourth-order valence-corrected chi connectivity index (χ4v) is 1.60. The third-order valence-corrected chi connectivity index (χ3v) is 2.49. The molecule has 2 N–H and O–H groups in total. The fraction of sp³-hybridized carbons (Fsp3) is 0.333. The maximum Gasteiger partial charge on any atom is 0.282 e. The molecular weight excluding hydrogens is 234 g/mol. The molecule has 0 spiro atoms. The normalized spacial score (nSPS) is 10.4. The van der Waals surface area contributed by atoms with E-state index in [1.807, 2.05) is 30.6 Å². The van der Waals surface area contributed by atoms with Gasteiger partial charge in [-0.3, -0.25) is 0 Å². The van der Waals surface area contributed by atoms with Gasteiger partial charge in [0.1, 0.15) is 0 Å². The molecule has 2 aromatic rings. The molecule has 96 valence electrons. The molecule has 0 fully saturated rings. The van der Waals surface area contributed by atoms with Crippen molar-refractivity contribution in [2.24, 2.45) is 0 Å². The van der Waals surface area contributed by atoms with Crippen molar-refractivity contribution in [3.8, 4) is 22.9 Å².